The van der Waals surface area contributed by atoms with Gasteiger partial charge in [0, 0.05) is 12.0 Å². The van der Waals surface area contributed by atoms with E-state index in [1.165, 1.54) is 0 Å². The van der Waals surface area contributed by atoms with Gasteiger partial charge in [-0.05, 0) is 6.26 Å². The summed E-state index contributed by atoms with van der Waals surface area (Å²) in [6, 6.07) is 0. The predicted octanol–water partition coefficient (Wildman–Crippen LogP) is 0.805. The monoisotopic (exact) mass is 224 g/mol. The van der Waals surface area contributed by atoms with Crippen LogP contribution in [0.4, 0.5) is 0 Å². The molecule has 0 amide bonds. The van der Waals surface area contributed by atoms with Crippen LogP contribution < -0.4 is 0 Å². The lowest BCUT2D eigenvalue weighted by atomic mass is 10.9. The molecule has 0 saturated heterocycles. The third-order valence-electron chi connectivity index (χ3n) is 1.03. The van der Waals surface area contributed by atoms with Gasteiger partial charge in [-0.15, -0.1) is 10.2 Å². The molecular weight excluding hydrogens is 216 g/mol. The molecule has 0 bridgehead atoms. The van der Waals surface area contributed by atoms with Gasteiger partial charge in [0.2, 0.25) is 14.2 Å². The Morgan fingerprint density at radius 2 is 2.17 bits per heavy atom. The third kappa shape index (κ3) is 2.43. The van der Waals surface area contributed by atoms with Gasteiger partial charge in [0.1, 0.15) is 5.01 Å². The summed E-state index contributed by atoms with van der Waals surface area (Å²) >= 11 is 2.73. The maximum atomic E-state index is 11.0. The Morgan fingerprint density at radius 1 is 1.50 bits per heavy atom. The van der Waals surface area contributed by atoms with Crippen molar-refractivity contribution in [2.45, 2.75) is 10.1 Å². The second-order valence-corrected chi connectivity index (χ2v) is 6.28. The van der Waals surface area contributed by atoms with Crippen LogP contribution in [-0.2, 0) is 15.6 Å². The van der Waals surface area contributed by atoms with Crippen LogP contribution in [0.5, 0.6) is 0 Å². The first-order valence-electron chi connectivity index (χ1n) is 3.05. The van der Waals surface area contributed by atoms with Gasteiger partial charge in [-0.2, -0.15) is 11.8 Å². The molecule has 1 rings (SSSR count). The second-order valence-electron chi connectivity index (χ2n) is 2.17. The number of rotatable bonds is 3. The Hall–Kier alpha value is -0.140. The minimum absolute atomic E-state index is 0.103. The zero-order valence-electron chi connectivity index (χ0n) is 6.64. The summed E-state index contributed by atoms with van der Waals surface area (Å²) in [7, 11) is -3.16. The molecule has 0 saturated carbocycles. The molecule has 68 valence electrons. The molecule has 7 heteroatoms. The molecule has 0 unspecified atom stereocenters. The fourth-order valence-electron chi connectivity index (χ4n) is 0.570. The summed E-state index contributed by atoms with van der Waals surface area (Å²) in [5, 5.41) is 8.07. The summed E-state index contributed by atoms with van der Waals surface area (Å²) < 4.78 is 22.0. The predicted molar refractivity (Wildman–Crippen MR) is 50.2 cm³/mol. The molecule has 1 heterocycles. The minimum atomic E-state index is -3.16. The highest BCUT2D eigenvalue weighted by Gasteiger charge is 2.13. The average Bonchev–Trinajstić information content (AvgIpc) is 2.35. The normalized spacial score (nSPS) is 11.8. The molecular formula is C5H8N2O2S3. The maximum absolute atomic E-state index is 11.0. The molecule has 4 nitrogen and oxygen atoms in total. The lowest BCUT2D eigenvalue weighted by molar-refractivity contribution is 0.600. The molecule has 1 aromatic heterocycles. The van der Waals surface area contributed by atoms with Gasteiger partial charge in [0.25, 0.3) is 0 Å². The zero-order chi connectivity index (χ0) is 9.19. The molecule has 0 aliphatic carbocycles. The van der Waals surface area contributed by atoms with E-state index in [0.717, 1.165) is 22.6 Å². The first-order chi connectivity index (χ1) is 5.54. The quantitative estimate of drug-likeness (QED) is 0.760. The second kappa shape index (κ2) is 3.71. The lowest BCUT2D eigenvalue weighted by Gasteiger charge is -1.86. The summed E-state index contributed by atoms with van der Waals surface area (Å²) in [5.74, 6) is 0.715. The number of sulfone groups is 1. The topological polar surface area (TPSA) is 59.9 Å². The van der Waals surface area contributed by atoms with E-state index in [1.807, 2.05) is 6.26 Å². The van der Waals surface area contributed by atoms with E-state index < -0.39 is 9.84 Å². The number of aromatic nitrogens is 2. The van der Waals surface area contributed by atoms with Crippen LogP contribution in [0.1, 0.15) is 5.01 Å². The van der Waals surface area contributed by atoms with Gasteiger partial charge >= 0.3 is 0 Å². The van der Waals surface area contributed by atoms with E-state index in [2.05, 4.69) is 10.2 Å². The fourth-order valence-corrected chi connectivity index (χ4v) is 2.91. The average molecular weight is 224 g/mol. The van der Waals surface area contributed by atoms with Crippen LogP contribution in [0.15, 0.2) is 4.34 Å². The molecule has 12 heavy (non-hydrogen) atoms. The third-order valence-corrected chi connectivity index (χ3v) is 4.37. The van der Waals surface area contributed by atoms with Gasteiger partial charge in [-0.25, -0.2) is 8.42 Å². The van der Waals surface area contributed by atoms with E-state index in [9.17, 15) is 8.42 Å². The number of thioether (sulfide) groups is 1. The number of hydrogen-bond acceptors (Lipinski definition) is 6. The van der Waals surface area contributed by atoms with Crippen LogP contribution in [-0.4, -0.2) is 31.1 Å². The van der Waals surface area contributed by atoms with Gasteiger partial charge in [-0.1, -0.05) is 11.3 Å². The van der Waals surface area contributed by atoms with E-state index in [4.69, 9.17) is 0 Å². The smallest absolute Gasteiger partial charge is 0.221 e. The van der Waals surface area contributed by atoms with E-state index in [-0.39, 0.29) is 4.34 Å². The highest BCUT2D eigenvalue weighted by Crippen LogP contribution is 2.18. The van der Waals surface area contributed by atoms with Crippen molar-refractivity contribution in [1.29, 1.82) is 0 Å². The van der Waals surface area contributed by atoms with Crippen molar-refractivity contribution < 1.29 is 8.42 Å². The van der Waals surface area contributed by atoms with E-state index in [1.54, 1.807) is 11.8 Å². The minimum Gasteiger partial charge on any atom is -0.221 e. The molecule has 1 aromatic rings. The first-order valence-corrected chi connectivity index (χ1v) is 7.15. The van der Waals surface area contributed by atoms with Crippen LogP contribution in [0.3, 0.4) is 0 Å². The molecule has 0 aromatic carbocycles. The Balaban J connectivity index is 2.92. The van der Waals surface area contributed by atoms with Crippen molar-refractivity contribution in [3.8, 4) is 0 Å². The molecule has 0 aliphatic rings. The highest BCUT2D eigenvalue weighted by atomic mass is 32.2. The molecule has 0 radical (unpaired) electrons. The Labute approximate surface area is 79.3 Å². The number of nitrogens with zero attached hydrogens (tertiary/aromatic N) is 2. The molecule has 0 spiro atoms. The van der Waals surface area contributed by atoms with Crippen molar-refractivity contribution in [3.63, 3.8) is 0 Å². The Bertz CT molecular complexity index is 357. The largest absolute Gasteiger partial charge is 0.232 e. The van der Waals surface area contributed by atoms with E-state index in [0.29, 0.717) is 5.75 Å². The SMILES string of the molecule is CSCc1nnc(S(C)(=O)=O)s1. The van der Waals surface area contributed by atoms with Crippen molar-refractivity contribution in [2.75, 3.05) is 12.5 Å². The maximum Gasteiger partial charge on any atom is 0.232 e. The van der Waals surface area contributed by atoms with E-state index >= 15 is 0 Å². The first kappa shape index (κ1) is 9.94. The Kier molecular flexibility index (Phi) is 3.08. The summed E-state index contributed by atoms with van der Waals surface area (Å²) in [4.78, 5) is 0. The van der Waals surface area contributed by atoms with Crippen molar-refractivity contribution in [2.24, 2.45) is 0 Å². The van der Waals surface area contributed by atoms with Crippen molar-refractivity contribution in [1.82, 2.24) is 10.2 Å². The van der Waals surface area contributed by atoms with Gasteiger partial charge in [0.15, 0.2) is 0 Å². The summed E-state index contributed by atoms with van der Waals surface area (Å²) in [6.07, 6.45) is 3.07. The van der Waals surface area contributed by atoms with Gasteiger partial charge < -0.3 is 0 Å². The standard InChI is InChI=1S/C5H8N2O2S3/c1-10-3-4-6-7-5(11-4)12(2,8)9/h3H2,1-2H3. The summed E-state index contributed by atoms with van der Waals surface area (Å²) in [5.41, 5.74) is 0. The van der Waals surface area contributed by atoms with Crippen molar-refractivity contribution >= 4 is 32.9 Å². The van der Waals surface area contributed by atoms with Gasteiger partial charge in [-0.3, -0.25) is 0 Å². The van der Waals surface area contributed by atoms with Crippen LogP contribution >= 0.6 is 23.1 Å². The fraction of sp³-hybridized carbons (Fsp3) is 0.600. The molecule has 0 aliphatic heterocycles. The summed E-state index contributed by atoms with van der Waals surface area (Å²) in [6.45, 7) is 0. The lowest BCUT2D eigenvalue weighted by Crippen LogP contribution is -1.95. The van der Waals surface area contributed by atoms with Crippen molar-refractivity contribution in [3.05, 3.63) is 5.01 Å². The van der Waals surface area contributed by atoms with Gasteiger partial charge in [0.05, 0.1) is 0 Å². The van der Waals surface area contributed by atoms with Crippen LogP contribution in [0, 0.1) is 0 Å². The highest BCUT2D eigenvalue weighted by molar-refractivity contribution is 7.98. The van der Waals surface area contributed by atoms with Crippen LogP contribution in [0.25, 0.3) is 0 Å². The number of hydrogen-bond donors (Lipinski definition) is 0. The molecule has 0 fully saturated rings. The molecule has 0 N–H and O–H groups in total. The van der Waals surface area contributed by atoms with Crippen LogP contribution in [0.2, 0.25) is 0 Å². The zero-order valence-corrected chi connectivity index (χ0v) is 9.09. The molecule has 0 atom stereocenters. The Morgan fingerprint density at radius 3 is 2.58 bits per heavy atom.